The van der Waals surface area contributed by atoms with Crippen molar-refractivity contribution in [3.05, 3.63) is 40.0 Å². The minimum absolute atomic E-state index is 0.00826. The molecule has 338 valence electrons. The van der Waals surface area contributed by atoms with Gasteiger partial charge in [-0.3, -0.25) is 14.4 Å². The fraction of sp³-hybridized carbons (Fsp3) is 0.744. The molecule has 0 amide bonds. The van der Waals surface area contributed by atoms with E-state index in [0.29, 0.717) is 12.8 Å². The van der Waals surface area contributed by atoms with E-state index in [1.807, 2.05) is 0 Å². The average molecular weight is 863 g/mol. The summed E-state index contributed by atoms with van der Waals surface area (Å²) in [6.45, 7) is 8.00. The van der Waals surface area contributed by atoms with Gasteiger partial charge in [0.15, 0.2) is 41.8 Å². The SMILES string of the molecule is C[C@@H]1O[C@@H](O[C@@H]2C[C@H](c3ccc4c(c3O)C(=O)C3=C(C4=O)[C@@]4(O[C@H]5CC[C@H](O)[C@@H](C)O5)C(=O)C[C@](C)(O)C[C@@]4(O)C[C@H]3O)O[C@H](C)[C@H]2O)CC[C@@H]1O[C@H]1C[C@@H](O)[C@H](O)[C@@H](C)O1. The number of phenols is 1. The lowest BCUT2D eigenvalue weighted by atomic mass is 9.54. The number of fused-ring (bicyclic) bond motifs is 3. The van der Waals surface area contributed by atoms with Crippen molar-refractivity contribution in [2.75, 3.05) is 0 Å². The summed E-state index contributed by atoms with van der Waals surface area (Å²) in [7, 11) is 0. The molecule has 0 unspecified atom stereocenters. The van der Waals surface area contributed by atoms with E-state index >= 15 is 0 Å². The molecule has 0 spiro atoms. The molecule has 61 heavy (non-hydrogen) atoms. The van der Waals surface area contributed by atoms with Crippen molar-refractivity contribution < 1.29 is 88.4 Å². The zero-order valence-corrected chi connectivity index (χ0v) is 34.8. The minimum atomic E-state index is -2.56. The van der Waals surface area contributed by atoms with Crippen LogP contribution in [0.25, 0.3) is 0 Å². The summed E-state index contributed by atoms with van der Waals surface area (Å²) >= 11 is 0. The maximum absolute atomic E-state index is 14.8. The lowest BCUT2D eigenvalue weighted by molar-refractivity contribution is -0.306. The number of hydrogen-bond acceptors (Lipinski definition) is 18. The highest BCUT2D eigenvalue weighted by atomic mass is 16.7. The molecule has 8 rings (SSSR count). The second-order valence-electron chi connectivity index (χ2n) is 18.4. The molecule has 5 fully saturated rings. The average Bonchev–Trinajstić information content (AvgIpc) is 3.17. The van der Waals surface area contributed by atoms with Gasteiger partial charge in [0.05, 0.1) is 77.8 Å². The van der Waals surface area contributed by atoms with E-state index in [1.54, 1.807) is 27.7 Å². The van der Waals surface area contributed by atoms with E-state index in [9.17, 15) is 55.2 Å². The number of aliphatic hydroxyl groups is 7. The molecule has 0 bridgehead atoms. The van der Waals surface area contributed by atoms with E-state index in [4.69, 9.17) is 33.2 Å². The fourth-order valence-corrected chi connectivity index (χ4v) is 10.6. The van der Waals surface area contributed by atoms with Crippen LogP contribution in [0.4, 0.5) is 0 Å². The second kappa shape index (κ2) is 16.3. The van der Waals surface area contributed by atoms with Gasteiger partial charge in [-0.25, -0.2) is 0 Å². The number of aliphatic hydroxyl groups excluding tert-OH is 5. The molecule has 1 aromatic rings. The van der Waals surface area contributed by atoms with Gasteiger partial charge in [-0.2, -0.15) is 0 Å². The molecule has 3 aliphatic carbocycles. The number of ether oxygens (including phenoxy) is 7. The van der Waals surface area contributed by atoms with Crippen molar-refractivity contribution in [3.63, 3.8) is 0 Å². The van der Waals surface area contributed by atoms with Crippen LogP contribution in [0.5, 0.6) is 5.75 Å². The second-order valence-corrected chi connectivity index (χ2v) is 18.4. The quantitative estimate of drug-likeness (QED) is 0.187. The van der Waals surface area contributed by atoms with Gasteiger partial charge < -0.3 is 74.0 Å². The number of carbonyl (C=O) groups excluding carboxylic acids is 3. The van der Waals surface area contributed by atoms with Gasteiger partial charge in [0, 0.05) is 61.6 Å². The highest BCUT2D eigenvalue weighted by Crippen LogP contribution is 2.57. The Kier molecular flexibility index (Phi) is 12.0. The third-order valence-electron chi connectivity index (χ3n) is 13.8. The summed E-state index contributed by atoms with van der Waals surface area (Å²) in [5.74, 6) is -3.45. The van der Waals surface area contributed by atoms with Gasteiger partial charge in [0.2, 0.25) is 0 Å². The van der Waals surface area contributed by atoms with Crippen LogP contribution in [0.3, 0.4) is 0 Å². The van der Waals surface area contributed by atoms with Crippen LogP contribution >= 0.6 is 0 Å². The molecule has 8 N–H and O–H groups in total. The summed E-state index contributed by atoms with van der Waals surface area (Å²) in [5.41, 5.74) is -8.50. The van der Waals surface area contributed by atoms with Crippen molar-refractivity contribution >= 4 is 17.3 Å². The smallest absolute Gasteiger partial charge is 0.196 e. The standard InChI is InChI=1S/C43H58O18/c1-17-23(44)8-10-31(56-17)61-43-29(47)15-41(5,53)16-42(43,54)14-25(46)34-35(43)39(51)22-7-6-21(38(50)33(22)40(34)52)27-13-28(37(49)20(4)55-27)60-30-11-9-26(18(2)57-30)59-32-12-24(45)36(48)19(3)58-32/h6-7,17-20,23-28,30-32,36-37,44-46,48-50,53-54H,8-16H2,1-5H3/t17-,18+,19-,20-,23+,24-,25-,26+,27-,28-,30+,31+,32+,36-,37-,41+,42+,43+/m1/s1. The Morgan fingerprint density at radius 3 is 2.05 bits per heavy atom. The molecule has 18 heteroatoms. The number of Topliss-reactive ketones (excluding diaryl/α,β-unsaturated/α-hetero) is 3. The van der Waals surface area contributed by atoms with Crippen molar-refractivity contribution in [2.24, 2.45) is 0 Å². The first kappa shape index (κ1) is 44.8. The molecular formula is C43H58O18. The molecule has 0 aromatic heterocycles. The molecule has 4 aliphatic heterocycles. The van der Waals surface area contributed by atoms with Crippen LogP contribution in [0, 0.1) is 0 Å². The number of benzene rings is 1. The number of ketones is 3. The topological polar surface area (TPSA) is 278 Å². The lowest BCUT2D eigenvalue weighted by Crippen LogP contribution is -2.73. The van der Waals surface area contributed by atoms with E-state index in [2.05, 4.69) is 0 Å². The molecule has 4 heterocycles. The van der Waals surface area contributed by atoms with Crippen molar-refractivity contribution in [1.82, 2.24) is 0 Å². The van der Waals surface area contributed by atoms with Gasteiger partial charge in [-0.15, -0.1) is 0 Å². The summed E-state index contributed by atoms with van der Waals surface area (Å²) < 4.78 is 42.6. The molecule has 1 aromatic carbocycles. The summed E-state index contributed by atoms with van der Waals surface area (Å²) in [6.07, 6.45) is -13.9. The Balaban J connectivity index is 1.04. The molecule has 4 saturated heterocycles. The Morgan fingerprint density at radius 2 is 1.36 bits per heavy atom. The zero-order valence-electron chi connectivity index (χ0n) is 34.8. The highest BCUT2D eigenvalue weighted by molar-refractivity contribution is 6.31. The maximum Gasteiger partial charge on any atom is 0.196 e. The normalized spacial score (nSPS) is 46.8. The van der Waals surface area contributed by atoms with Crippen LogP contribution in [-0.2, 0) is 38.0 Å². The predicted molar refractivity (Wildman–Crippen MR) is 206 cm³/mol. The van der Waals surface area contributed by atoms with Crippen LogP contribution in [0.1, 0.15) is 125 Å². The molecular weight excluding hydrogens is 804 g/mol. The van der Waals surface area contributed by atoms with Gasteiger partial charge in [-0.1, -0.05) is 6.07 Å². The number of aromatic hydroxyl groups is 1. The molecule has 18 atom stereocenters. The first-order valence-electron chi connectivity index (χ1n) is 21.3. The first-order chi connectivity index (χ1) is 28.6. The molecule has 0 radical (unpaired) electrons. The molecule has 7 aliphatic rings. The Hall–Kier alpha value is -2.79. The van der Waals surface area contributed by atoms with Crippen LogP contribution < -0.4 is 0 Å². The van der Waals surface area contributed by atoms with Crippen LogP contribution in [-0.4, -0.2) is 161 Å². The molecule has 18 nitrogen and oxygen atoms in total. The number of phenolic OH excluding ortho intramolecular Hbond substituents is 1. The largest absolute Gasteiger partial charge is 0.507 e. The fourth-order valence-electron chi connectivity index (χ4n) is 10.6. The number of hydrogen-bond donors (Lipinski definition) is 8. The van der Waals surface area contributed by atoms with Crippen molar-refractivity contribution in [2.45, 2.75) is 201 Å². The van der Waals surface area contributed by atoms with E-state index in [-0.39, 0.29) is 36.8 Å². The highest BCUT2D eigenvalue weighted by Gasteiger charge is 2.71. The zero-order chi connectivity index (χ0) is 44.1. The summed E-state index contributed by atoms with van der Waals surface area (Å²) in [4.78, 5) is 43.7. The maximum atomic E-state index is 14.8. The Morgan fingerprint density at radius 1 is 0.705 bits per heavy atom. The van der Waals surface area contributed by atoms with Crippen molar-refractivity contribution in [3.8, 4) is 5.75 Å². The number of rotatable bonds is 7. The Bertz CT molecular complexity index is 1920. The molecule has 1 saturated carbocycles. The van der Waals surface area contributed by atoms with Gasteiger partial charge in [0.1, 0.15) is 23.6 Å². The summed E-state index contributed by atoms with van der Waals surface area (Å²) in [6, 6.07) is 2.68. The van der Waals surface area contributed by atoms with Gasteiger partial charge in [0.25, 0.3) is 0 Å². The predicted octanol–water partition coefficient (Wildman–Crippen LogP) is 0.682. The lowest BCUT2D eigenvalue weighted by Gasteiger charge is -2.57. The number of carbonyl (C=O) groups is 3. The first-order valence-corrected chi connectivity index (χ1v) is 21.3. The third kappa shape index (κ3) is 7.73. The monoisotopic (exact) mass is 862 g/mol. The van der Waals surface area contributed by atoms with Crippen LogP contribution in [0.2, 0.25) is 0 Å². The van der Waals surface area contributed by atoms with E-state index in [0.717, 1.165) is 0 Å². The van der Waals surface area contributed by atoms with Crippen LogP contribution in [0.15, 0.2) is 23.3 Å². The van der Waals surface area contributed by atoms with E-state index < -0.39 is 168 Å². The van der Waals surface area contributed by atoms with Gasteiger partial charge >= 0.3 is 0 Å². The Labute approximate surface area is 352 Å². The third-order valence-corrected chi connectivity index (χ3v) is 13.8. The summed E-state index contributed by atoms with van der Waals surface area (Å²) in [5, 5.41) is 88.6. The van der Waals surface area contributed by atoms with E-state index in [1.165, 1.54) is 19.1 Å². The minimum Gasteiger partial charge on any atom is -0.507 e. The van der Waals surface area contributed by atoms with Gasteiger partial charge in [-0.05, 0) is 53.5 Å². The van der Waals surface area contributed by atoms with Crippen molar-refractivity contribution in [1.29, 1.82) is 0 Å².